The number of thiophene rings is 1. The highest BCUT2D eigenvalue weighted by molar-refractivity contribution is 7.10. The average molecular weight is 484 g/mol. The Morgan fingerprint density at radius 3 is 2.49 bits per heavy atom. The average Bonchev–Trinajstić information content (AvgIpc) is 3.47. The van der Waals surface area contributed by atoms with Crippen LogP contribution >= 0.6 is 11.3 Å². The Bertz CT molecular complexity index is 1410. The van der Waals surface area contributed by atoms with Gasteiger partial charge in [0.15, 0.2) is 0 Å². The standard InChI is InChI=1S/C29H29N3O2S/c1-20-14-18-35-25(20)19-31-24-13-15-30-29-27(24)26(21-7-5-4-6-8-21)28(34-29)22-9-11-23(12-10-22)33-17-16-32(2)3/h4-15,18H,16-17,19H2,1-3H3,(H,30,31). The van der Waals surface area contributed by atoms with Crippen LogP contribution in [0.2, 0.25) is 0 Å². The molecule has 3 heterocycles. The smallest absolute Gasteiger partial charge is 0.229 e. The molecule has 0 spiro atoms. The summed E-state index contributed by atoms with van der Waals surface area (Å²) in [6, 6.07) is 22.7. The number of benzene rings is 2. The minimum atomic E-state index is 0.623. The fourth-order valence-electron chi connectivity index (χ4n) is 4.06. The molecule has 5 nitrogen and oxygen atoms in total. The Morgan fingerprint density at radius 1 is 0.971 bits per heavy atom. The summed E-state index contributed by atoms with van der Waals surface area (Å²) in [7, 11) is 4.08. The number of fused-ring (bicyclic) bond motifs is 1. The van der Waals surface area contributed by atoms with Crippen LogP contribution in [0.25, 0.3) is 33.6 Å². The number of hydrogen-bond donors (Lipinski definition) is 1. The first-order chi connectivity index (χ1) is 17.1. The molecule has 1 N–H and O–H groups in total. The highest BCUT2D eigenvalue weighted by Crippen LogP contribution is 2.43. The lowest BCUT2D eigenvalue weighted by molar-refractivity contribution is 0.261. The van der Waals surface area contributed by atoms with Crippen LogP contribution in [0.5, 0.6) is 5.75 Å². The van der Waals surface area contributed by atoms with Crippen LogP contribution in [0, 0.1) is 6.92 Å². The minimum absolute atomic E-state index is 0.623. The Hall–Kier alpha value is -3.61. The number of ether oxygens (including phenoxy) is 1. The second kappa shape index (κ2) is 10.3. The van der Waals surface area contributed by atoms with E-state index in [-0.39, 0.29) is 0 Å². The lowest BCUT2D eigenvalue weighted by Gasteiger charge is -2.11. The molecule has 0 amide bonds. The van der Waals surface area contributed by atoms with Gasteiger partial charge in [-0.25, -0.2) is 4.98 Å². The van der Waals surface area contributed by atoms with Crippen molar-refractivity contribution in [2.45, 2.75) is 13.5 Å². The third-order valence-corrected chi connectivity index (χ3v) is 7.01. The fraction of sp³-hybridized carbons (Fsp3) is 0.207. The predicted octanol–water partition coefficient (Wildman–Crippen LogP) is 7.08. The van der Waals surface area contributed by atoms with Gasteiger partial charge in [-0.2, -0.15) is 0 Å². The van der Waals surface area contributed by atoms with Crippen LogP contribution < -0.4 is 10.1 Å². The molecule has 0 bridgehead atoms. The van der Waals surface area contributed by atoms with Gasteiger partial charge in [-0.3, -0.25) is 0 Å². The molecule has 0 fully saturated rings. The van der Waals surface area contributed by atoms with E-state index in [2.05, 4.69) is 70.0 Å². The summed E-state index contributed by atoms with van der Waals surface area (Å²) >= 11 is 1.77. The normalized spacial score (nSPS) is 11.3. The van der Waals surface area contributed by atoms with E-state index in [4.69, 9.17) is 9.15 Å². The summed E-state index contributed by atoms with van der Waals surface area (Å²) in [4.78, 5) is 8.01. The van der Waals surface area contributed by atoms with Crippen LogP contribution in [-0.2, 0) is 6.54 Å². The molecule has 178 valence electrons. The van der Waals surface area contributed by atoms with E-state index < -0.39 is 0 Å². The summed E-state index contributed by atoms with van der Waals surface area (Å²) in [6.07, 6.45) is 1.80. The van der Waals surface area contributed by atoms with Crippen molar-refractivity contribution in [2.75, 3.05) is 32.6 Å². The molecule has 0 atom stereocenters. The maximum Gasteiger partial charge on any atom is 0.229 e. The third-order valence-electron chi connectivity index (χ3n) is 5.99. The summed E-state index contributed by atoms with van der Waals surface area (Å²) in [5.74, 6) is 1.65. The van der Waals surface area contributed by atoms with Gasteiger partial charge in [0.25, 0.3) is 0 Å². The van der Waals surface area contributed by atoms with E-state index in [0.717, 1.165) is 52.4 Å². The molecule has 0 aliphatic heterocycles. The molecule has 0 aliphatic carbocycles. The van der Waals surface area contributed by atoms with Crippen molar-refractivity contribution in [3.63, 3.8) is 0 Å². The van der Waals surface area contributed by atoms with Gasteiger partial charge in [0.2, 0.25) is 5.71 Å². The van der Waals surface area contributed by atoms with Crippen molar-refractivity contribution in [3.8, 4) is 28.2 Å². The molecule has 3 aromatic heterocycles. The number of aryl methyl sites for hydroxylation is 1. The van der Waals surface area contributed by atoms with Gasteiger partial charge in [0.05, 0.1) is 5.39 Å². The number of aromatic nitrogens is 1. The van der Waals surface area contributed by atoms with Crippen LogP contribution in [0.3, 0.4) is 0 Å². The SMILES string of the molecule is Cc1ccsc1CNc1ccnc2oc(-c3ccc(OCCN(C)C)cc3)c(-c3ccccc3)c12. The van der Waals surface area contributed by atoms with E-state index in [1.165, 1.54) is 10.4 Å². The second-order valence-corrected chi connectivity index (χ2v) is 9.77. The van der Waals surface area contributed by atoms with Crippen molar-refractivity contribution >= 4 is 28.1 Å². The van der Waals surface area contributed by atoms with E-state index in [0.29, 0.717) is 12.3 Å². The number of anilines is 1. The van der Waals surface area contributed by atoms with Gasteiger partial charge < -0.3 is 19.4 Å². The maximum atomic E-state index is 6.40. The number of nitrogens with zero attached hydrogens (tertiary/aromatic N) is 2. The zero-order valence-corrected chi connectivity index (χ0v) is 21.1. The molecule has 0 radical (unpaired) electrons. The van der Waals surface area contributed by atoms with Gasteiger partial charge in [-0.15, -0.1) is 11.3 Å². The predicted molar refractivity (Wildman–Crippen MR) is 145 cm³/mol. The summed E-state index contributed by atoms with van der Waals surface area (Å²) < 4.78 is 12.3. The number of pyridine rings is 1. The number of furan rings is 1. The zero-order chi connectivity index (χ0) is 24.2. The van der Waals surface area contributed by atoms with Crippen molar-refractivity contribution < 1.29 is 9.15 Å². The maximum absolute atomic E-state index is 6.40. The van der Waals surface area contributed by atoms with Gasteiger partial charge in [0.1, 0.15) is 18.1 Å². The van der Waals surface area contributed by atoms with Gasteiger partial charge in [-0.1, -0.05) is 30.3 Å². The van der Waals surface area contributed by atoms with Crippen molar-refractivity contribution in [2.24, 2.45) is 0 Å². The molecule has 0 saturated carbocycles. The minimum Gasteiger partial charge on any atom is -0.492 e. The summed E-state index contributed by atoms with van der Waals surface area (Å²) in [6.45, 7) is 4.43. The van der Waals surface area contributed by atoms with E-state index in [1.807, 2.05) is 38.4 Å². The van der Waals surface area contributed by atoms with E-state index in [9.17, 15) is 0 Å². The highest BCUT2D eigenvalue weighted by Gasteiger charge is 2.21. The Labute approximate surface area is 210 Å². The first kappa shape index (κ1) is 23.1. The number of rotatable bonds is 9. The lowest BCUT2D eigenvalue weighted by Crippen LogP contribution is -2.19. The Balaban J connectivity index is 1.54. The highest BCUT2D eigenvalue weighted by atomic mass is 32.1. The second-order valence-electron chi connectivity index (χ2n) is 8.77. The topological polar surface area (TPSA) is 50.5 Å². The van der Waals surface area contributed by atoms with Gasteiger partial charge in [-0.05, 0) is 73.9 Å². The third kappa shape index (κ3) is 5.09. The number of likely N-dealkylation sites (N-methyl/N-ethyl adjacent to an activating group) is 1. The molecular weight excluding hydrogens is 454 g/mol. The Kier molecular flexibility index (Phi) is 6.84. The van der Waals surface area contributed by atoms with Gasteiger partial charge in [0, 0.05) is 41.0 Å². The zero-order valence-electron chi connectivity index (χ0n) is 20.2. The molecular formula is C29H29N3O2S. The summed E-state index contributed by atoms with van der Waals surface area (Å²) in [5.41, 5.74) is 6.06. The number of hydrogen-bond acceptors (Lipinski definition) is 6. The fourth-order valence-corrected chi connectivity index (χ4v) is 4.91. The Morgan fingerprint density at radius 2 is 1.77 bits per heavy atom. The van der Waals surface area contributed by atoms with Gasteiger partial charge >= 0.3 is 0 Å². The summed E-state index contributed by atoms with van der Waals surface area (Å²) in [5, 5.41) is 6.76. The van der Waals surface area contributed by atoms with Crippen molar-refractivity contribution in [1.29, 1.82) is 0 Å². The monoisotopic (exact) mass is 483 g/mol. The molecule has 2 aromatic carbocycles. The number of nitrogens with one attached hydrogen (secondary N) is 1. The van der Waals surface area contributed by atoms with Crippen LogP contribution in [0.1, 0.15) is 10.4 Å². The molecule has 0 aliphatic rings. The quantitative estimate of drug-likeness (QED) is 0.243. The van der Waals surface area contributed by atoms with E-state index >= 15 is 0 Å². The van der Waals surface area contributed by atoms with E-state index in [1.54, 1.807) is 17.5 Å². The molecule has 0 saturated heterocycles. The molecule has 5 rings (SSSR count). The van der Waals surface area contributed by atoms with Crippen LogP contribution in [-0.4, -0.2) is 37.1 Å². The molecule has 5 aromatic rings. The van der Waals surface area contributed by atoms with Crippen LogP contribution in [0.15, 0.2) is 82.7 Å². The molecule has 35 heavy (non-hydrogen) atoms. The molecule has 0 unspecified atom stereocenters. The van der Waals surface area contributed by atoms with Crippen molar-refractivity contribution in [3.05, 3.63) is 88.7 Å². The van der Waals surface area contributed by atoms with Crippen LogP contribution in [0.4, 0.5) is 5.69 Å². The van der Waals surface area contributed by atoms with Crippen molar-refractivity contribution in [1.82, 2.24) is 9.88 Å². The largest absolute Gasteiger partial charge is 0.492 e. The molecule has 6 heteroatoms. The lowest BCUT2D eigenvalue weighted by atomic mass is 9.98. The first-order valence-corrected chi connectivity index (χ1v) is 12.6. The first-order valence-electron chi connectivity index (χ1n) is 11.7.